The monoisotopic (exact) mass is 490 g/mol. The van der Waals surface area contributed by atoms with Gasteiger partial charge in [-0.2, -0.15) is 0 Å². The lowest BCUT2D eigenvalue weighted by molar-refractivity contribution is 0.0969. The summed E-state index contributed by atoms with van der Waals surface area (Å²) in [7, 11) is 0. The summed E-state index contributed by atoms with van der Waals surface area (Å²) in [6.07, 6.45) is 0.969. The van der Waals surface area contributed by atoms with E-state index in [1.165, 1.54) is 5.69 Å². The van der Waals surface area contributed by atoms with E-state index < -0.39 is 11.1 Å². The second-order valence-electron chi connectivity index (χ2n) is 8.20. The maximum Gasteiger partial charge on any atom is 0.306 e. The number of nitrogens with one attached hydrogen (secondary N) is 2. The van der Waals surface area contributed by atoms with Crippen LogP contribution in [0.15, 0.2) is 84.9 Å². The Hall–Kier alpha value is -3.49. The van der Waals surface area contributed by atoms with Gasteiger partial charge in [-0.15, -0.1) is 0 Å². The molecular formula is C27H30N4O3S. The normalized spacial score (nSPS) is 13.8. The van der Waals surface area contributed by atoms with Gasteiger partial charge in [0.2, 0.25) is 0 Å². The molecule has 0 bridgehead atoms. The van der Waals surface area contributed by atoms with Crippen LogP contribution in [0.4, 0.5) is 16.2 Å². The highest BCUT2D eigenvalue weighted by Crippen LogP contribution is 2.19. The molecule has 0 saturated carbocycles. The number of piperazine rings is 1. The highest BCUT2D eigenvalue weighted by molar-refractivity contribution is 8.14. The van der Waals surface area contributed by atoms with Crippen LogP contribution < -0.4 is 19.7 Å². The Morgan fingerprint density at radius 3 is 2.17 bits per heavy atom. The predicted molar refractivity (Wildman–Crippen MR) is 142 cm³/mol. The van der Waals surface area contributed by atoms with E-state index in [2.05, 4.69) is 50.2 Å². The van der Waals surface area contributed by atoms with Crippen LogP contribution in [-0.2, 0) is 0 Å². The lowest BCUT2D eigenvalue weighted by Crippen LogP contribution is -2.46. The summed E-state index contributed by atoms with van der Waals surface area (Å²) in [6, 6.07) is 26.6. The van der Waals surface area contributed by atoms with Gasteiger partial charge in [-0.05, 0) is 55.0 Å². The quantitative estimate of drug-likeness (QED) is 0.327. The molecular weight excluding hydrogens is 460 g/mol. The van der Waals surface area contributed by atoms with Gasteiger partial charge in [-0.3, -0.25) is 19.8 Å². The first-order valence-electron chi connectivity index (χ1n) is 11.8. The second-order valence-corrected chi connectivity index (χ2v) is 8.98. The summed E-state index contributed by atoms with van der Waals surface area (Å²) in [4.78, 5) is 28.9. The fraction of sp³-hybridized carbons (Fsp3) is 0.259. The fourth-order valence-corrected chi connectivity index (χ4v) is 4.34. The van der Waals surface area contributed by atoms with Gasteiger partial charge >= 0.3 is 5.24 Å². The Labute approximate surface area is 210 Å². The first kappa shape index (κ1) is 24.6. The van der Waals surface area contributed by atoms with Crippen LogP contribution in [0.2, 0.25) is 0 Å². The second kappa shape index (κ2) is 12.8. The Kier molecular flexibility index (Phi) is 9.03. The zero-order valence-electron chi connectivity index (χ0n) is 19.6. The molecule has 0 aromatic heterocycles. The van der Waals surface area contributed by atoms with Gasteiger partial charge in [0.1, 0.15) is 5.75 Å². The van der Waals surface area contributed by atoms with Crippen LogP contribution in [0.25, 0.3) is 0 Å². The number of hydrogen-bond donors (Lipinski definition) is 2. The van der Waals surface area contributed by atoms with E-state index >= 15 is 0 Å². The molecule has 35 heavy (non-hydrogen) atoms. The van der Waals surface area contributed by atoms with Gasteiger partial charge < -0.3 is 14.4 Å². The van der Waals surface area contributed by atoms with Crippen LogP contribution in [-0.4, -0.2) is 55.4 Å². The SMILES string of the molecule is O=C(NC(=O)c1ccccc1)SNc1ccc(OCCCN2CCN(c3ccccc3)CC2)cc1. The molecule has 3 aromatic carbocycles. The summed E-state index contributed by atoms with van der Waals surface area (Å²) >= 11 is 0.824. The number of hydrogen-bond acceptors (Lipinski definition) is 7. The number of amides is 2. The first-order chi connectivity index (χ1) is 17.2. The third-order valence-corrected chi connectivity index (χ3v) is 6.37. The lowest BCUT2D eigenvalue weighted by atomic mass is 10.2. The molecule has 2 amide bonds. The molecule has 2 N–H and O–H groups in total. The molecule has 1 heterocycles. The minimum atomic E-state index is -0.469. The smallest absolute Gasteiger partial charge is 0.306 e. The maximum absolute atomic E-state index is 12.0. The third-order valence-electron chi connectivity index (χ3n) is 5.75. The standard InChI is InChI=1S/C27H30N4O3S/c32-26(22-8-3-1-4-9-22)28-27(33)35-29-23-12-14-25(15-13-23)34-21-7-16-30-17-19-31(20-18-30)24-10-5-2-6-11-24/h1-6,8-15,29H,7,16-21H2,(H,28,32,33). The number of benzene rings is 3. The molecule has 1 aliphatic rings. The van der Waals surface area contributed by atoms with Crippen molar-refractivity contribution in [2.45, 2.75) is 6.42 Å². The number of rotatable bonds is 9. The number of nitrogens with zero attached hydrogens (tertiary/aromatic N) is 2. The number of imide groups is 1. The van der Waals surface area contributed by atoms with E-state index in [1.807, 2.05) is 30.3 Å². The Balaban J connectivity index is 1.10. The Morgan fingerprint density at radius 2 is 1.49 bits per heavy atom. The molecule has 0 atom stereocenters. The van der Waals surface area contributed by atoms with E-state index in [0.717, 1.165) is 62.5 Å². The summed E-state index contributed by atoms with van der Waals surface area (Å²) in [5, 5.41) is 1.87. The summed E-state index contributed by atoms with van der Waals surface area (Å²) in [6.45, 7) is 5.92. The fourth-order valence-electron chi connectivity index (χ4n) is 3.85. The van der Waals surface area contributed by atoms with Crippen molar-refractivity contribution >= 4 is 34.5 Å². The van der Waals surface area contributed by atoms with Crippen molar-refractivity contribution in [3.63, 3.8) is 0 Å². The van der Waals surface area contributed by atoms with E-state index in [-0.39, 0.29) is 0 Å². The molecule has 1 saturated heterocycles. The van der Waals surface area contributed by atoms with Gasteiger partial charge in [0, 0.05) is 61.6 Å². The number of carbonyl (C=O) groups is 2. The zero-order chi connectivity index (χ0) is 24.3. The van der Waals surface area contributed by atoms with Crippen molar-refractivity contribution in [1.82, 2.24) is 10.2 Å². The number of para-hydroxylation sites is 1. The minimum absolute atomic E-state index is 0.424. The van der Waals surface area contributed by atoms with E-state index in [1.54, 1.807) is 24.3 Å². The van der Waals surface area contributed by atoms with Crippen molar-refractivity contribution in [3.05, 3.63) is 90.5 Å². The molecule has 3 aromatic rings. The molecule has 1 aliphatic heterocycles. The maximum atomic E-state index is 12.0. The predicted octanol–water partition coefficient (Wildman–Crippen LogP) is 4.89. The summed E-state index contributed by atoms with van der Waals surface area (Å²) in [5.41, 5.74) is 2.49. The molecule has 0 spiro atoms. The molecule has 7 nitrogen and oxygen atoms in total. The zero-order valence-corrected chi connectivity index (χ0v) is 20.4. The highest BCUT2D eigenvalue weighted by atomic mass is 32.2. The van der Waals surface area contributed by atoms with Crippen LogP contribution >= 0.6 is 11.9 Å². The molecule has 0 unspecified atom stereocenters. The first-order valence-corrected chi connectivity index (χ1v) is 12.6. The molecule has 182 valence electrons. The number of ether oxygens (including phenoxy) is 1. The molecule has 4 rings (SSSR count). The van der Waals surface area contributed by atoms with Gasteiger partial charge in [0.25, 0.3) is 5.91 Å². The topological polar surface area (TPSA) is 73.9 Å². The number of anilines is 2. The lowest BCUT2D eigenvalue weighted by Gasteiger charge is -2.36. The largest absolute Gasteiger partial charge is 0.494 e. The van der Waals surface area contributed by atoms with Crippen LogP contribution in [0.1, 0.15) is 16.8 Å². The van der Waals surface area contributed by atoms with Gasteiger partial charge in [-0.25, -0.2) is 0 Å². The summed E-state index contributed by atoms with van der Waals surface area (Å²) < 4.78 is 8.81. The van der Waals surface area contributed by atoms with Crippen LogP contribution in [0.3, 0.4) is 0 Å². The van der Waals surface area contributed by atoms with Crippen molar-refractivity contribution in [2.24, 2.45) is 0 Å². The molecule has 1 fully saturated rings. The van der Waals surface area contributed by atoms with Crippen LogP contribution in [0, 0.1) is 0 Å². The van der Waals surface area contributed by atoms with Gasteiger partial charge in [-0.1, -0.05) is 36.4 Å². The van der Waals surface area contributed by atoms with E-state index in [4.69, 9.17) is 4.74 Å². The van der Waals surface area contributed by atoms with Crippen molar-refractivity contribution in [3.8, 4) is 5.75 Å². The van der Waals surface area contributed by atoms with E-state index in [9.17, 15) is 9.59 Å². The number of carbonyl (C=O) groups excluding carboxylic acids is 2. The molecule has 0 aliphatic carbocycles. The summed E-state index contributed by atoms with van der Waals surface area (Å²) in [5.74, 6) is 0.366. The molecule has 8 heteroatoms. The minimum Gasteiger partial charge on any atom is -0.494 e. The average molecular weight is 491 g/mol. The Morgan fingerprint density at radius 1 is 0.829 bits per heavy atom. The van der Waals surface area contributed by atoms with Gasteiger partial charge in [0.15, 0.2) is 0 Å². The highest BCUT2D eigenvalue weighted by Gasteiger charge is 2.16. The van der Waals surface area contributed by atoms with Gasteiger partial charge in [0.05, 0.1) is 6.61 Å². The molecule has 0 radical (unpaired) electrons. The van der Waals surface area contributed by atoms with E-state index in [0.29, 0.717) is 12.2 Å². The van der Waals surface area contributed by atoms with Crippen molar-refractivity contribution in [2.75, 3.05) is 49.0 Å². The van der Waals surface area contributed by atoms with Crippen molar-refractivity contribution in [1.29, 1.82) is 0 Å². The van der Waals surface area contributed by atoms with Crippen molar-refractivity contribution < 1.29 is 14.3 Å². The Bertz CT molecular complexity index is 1070. The van der Waals surface area contributed by atoms with Crippen LogP contribution in [0.5, 0.6) is 5.75 Å². The average Bonchev–Trinajstić information content (AvgIpc) is 2.92. The third kappa shape index (κ3) is 7.77.